The maximum absolute atomic E-state index is 10.9. The van der Waals surface area contributed by atoms with E-state index in [2.05, 4.69) is 22.5 Å². The van der Waals surface area contributed by atoms with E-state index in [-0.39, 0.29) is 40.0 Å². The molecule has 0 heterocycles. The van der Waals surface area contributed by atoms with Crippen molar-refractivity contribution < 1.29 is 9.66 Å². The van der Waals surface area contributed by atoms with E-state index in [1.165, 1.54) is 31.7 Å². The molecule has 1 spiro atoms. The first-order chi connectivity index (χ1) is 12.6. The molecule has 2 fully saturated rings. The molecule has 1 aromatic rings. The summed E-state index contributed by atoms with van der Waals surface area (Å²) in [5.41, 5.74) is 1.20. The zero-order valence-corrected chi connectivity index (χ0v) is 18.3. The standard InChI is InChI=1S/C19H28N4O3.HI/c1-3-26-17-12-16(19(17)9-4-5-10-19)22-18(20-2)21-13-14-7-6-8-15(11-14)23(24)25;/h6-8,11,16-17H,3-5,9-10,12-13H2,1-2H3,(H2,20,21,22);1H. The Labute approximate surface area is 177 Å². The van der Waals surface area contributed by atoms with Crippen molar-refractivity contribution in [2.45, 2.75) is 57.7 Å². The number of nitro benzene ring substituents is 1. The molecule has 2 unspecified atom stereocenters. The highest BCUT2D eigenvalue weighted by molar-refractivity contribution is 14.0. The Morgan fingerprint density at radius 3 is 2.78 bits per heavy atom. The summed E-state index contributed by atoms with van der Waals surface area (Å²) in [6.45, 7) is 3.32. The lowest BCUT2D eigenvalue weighted by Crippen LogP contribution is -2.65. The Bertz CT molecular complexity index is 677. The van der Waals surface area contributed by atoms with Gasteiger partial charge in [0.15, 0.2) is 5.96 Å². The lowest BCUT2D eigenvalue weighted by molar-refractivity contribution is -0.384. The first kappa shape index (κ1) is 21.9. The molecule has 150 valence electrons. The number of guanidine groups is 1. The number of halogens is 1. The van der Waals surface area contributed by atoms with Crippen molar-refractivity contribution in [2.75, 3.05) is 13.7 Å². The van der Waals surface area contributed by atoms with Gasteiger partial charge in [0.1, 0.15) is 0 Å². The SMILES string of the molecule is CCOC1CC(NC(=NC)NCc2cccc([N+](=O)[O-])c2)C12CCCC2.I. The molecule has 0 saturated heterocycles. The van der Waals surface area contributed by atoms with Crippen molar-refractivity contribution in [3.05, 3.63) is 39.9 Å². The van der Waals surface area contributed by atoms with Crippen LogP contribution >= 0.6 is 24.0 Å². The van der Waals surface area contributed by atoms with Crippen LogP contribution in [-0.2, 0) is 11.3 Å². The minimum absolute atomic E-state index is 0. The third-order valence-corrected chi connectivity index (χ3v) is 5.80. The lowest BCUT2D eigenvalue weighted by atomic mass is 9.60. The van der Waals surface area contributed by atoms with Crippen molar-refractivity contribution >= 4 is 35.6 Å². The molecule has 0 aromatic heterocycles. The number of hydrogen-bond acceptors (Lipinski definition) is 4. The molecule has 0 radical (unpaired) electrons. The topological polar surface area (TPSA) is 88.8 Å². The van der Waals surface area contributed by atoms with Crippen LogP contribution < -0.4 is 10.6 Å². The second kappa shape index (κ2) is 9.68. The van der Waals surface area contributed by atoms with Crippen molar-refractivity contribution in [1.82, 2.24) is 10.6 Å². The zero-order valence-electron chi connectivity index (χ0n) is 15.9. The third kappa shape index (κ3) is 4.71. The van der Waals surface area contributed by atoms with Crippen LogP contribution in [0, 0.1) is 15.5 Å². The molecule has 8 heteroatoms. The number of nitrogens with zero attached hydrogens (tertiary/aromatic N) is 2. The second-order valence-corrected chi connectivity index (χ2v) is 7.17. The van der Waals surface area contributed by atoms with Crippen LogP contribution in [0.25, 0.3) is 0 Å². The summed E-state index contributed by atoms with van der Waals surface area (Å²) < 4.78 is 5.96. The third-order valence-electron chi connectivity index (χ3n) is 5.80. The molecule has 0 bridgehead atoms. The summed E-state index contributed by atoms with van der Waals surface area (Å²) in [6, 6.07) is 7.05. The van der Waals surface area contributed by atoms with Crippen LogP contribution in [0.15, 0.2) is 29.3 Å². The number of rotatable bonds is 6. The van der Waals surface area contributed by atoms with Crippen molar-refractivity contribution in [2.24, 2.45) is 10.4 Å². The summed E-state index contributed by atoms with van der Waals surface area (Å²) in [5.74, 6) is 0.739. The Balaban J connectivity index is 0.00000261. The maximum Gasteiger partial charge on any atom is 0.269 e. The summed E-state index contributed by atoms with van der Waals surface area (Å²) >= 11 is 0. The van der Waals surface area contributed by atoms with Gasteiger partial charge < -0.3 is 15.4 Å². The number of hydrogen-bond donors (Lipinski definition) is 2. The molecule has 7 nitrogen and oxygen atoms in total. The molecule has 2 aliphatic carbocycles. The van der Waals surface area contributed by atoms with Crippen LogP contribution in [0.5, 0.6) is 0 Å². The van der Waals surface area contributed by atoms with Gasteiger partial charge in [-0.1, -0.05) is 25.0 Å². The highest BCUT2D eigenvalue weighted by Gasteiger charge is 2.56. The number of benzene rings is 1. The van der Waals surface area contributed by atoms with Crippen LogP contribution in [0.4, 0.5) is 5.69 Å². The average Bonchev–Trinajstić information content (AvgIpc) is 3.16. The van der Waals surface area contributed by atoms with E-state index < -0.39 is 0 Å². The molecule has 0 aliphatic heterocycles. The van der Waals surface area contributed by atoms with E-state index >= 15 is 0 Å². The quantitative estimate of drug-likeness (QED) is 0.210. The van der Waals surface area contributed by atoms with E-state index in [0.29, 0.717) is 18.7 Å². The normalized spacial score (nSPS) is 23.4. The minimum atomic E-state index is -0.372. The van der Waals surface area contributed by atoms with Gasteiger partial charge in [-0.15, -0.1) is 24.0 Å². The van der Waals surface area contributed by atoms with Gasteiger partial charge in [-0.25, -0.2) is 0 Å². The molecular weight excluding hydrogens is 459 g/mol. The van der Waals surface area contributed by atoms with Crippen LogP contribution in [0.1, 0.15) is 44.6 Å². The molecule has 2 saturated carbocycles. The fourth-order valence-corrected chi connectivity index (χ4v) is 4.41. The highest BCUT2D eigenvalue weighted by Crippen LogP contribution is 2.54. The van der Waals surface area contributed by atoms with E-state index in [1.807, 2.05) is 6.07 Å². The van der Waals surface area contributed by atoms with Gasteiger partial charge in [0.2, 0.25) is 0 Å². The predicted octanol–water partition coefficient (Wildman–Crippen LogP) is 3.62. The molecule has 3 rings (SSSR count). The fourth-order valence-electron chi connectivity index (χ4n) is 4.41. The first-order valence-corrected chi connectivity index (χ1v) is 9.41. The van der Waals surface area contributed by atoms with Gasteiger partial charge in [-0.05, 0) is 31.7 Å². The number of nitrogens with one attached hydrogen (secondary N) is 2. The number of non-ortho nitro benzene ring substituents is 1. The predicted molar refractivity (Wildman–Crippen MR) is 117 cm³/mol. The van der Waals surface area contributed by atoms with Crippen molar-refractivity contribution in [3.63, 3.8) is 0 Å². The Morgan fingerprint density at radius 2 is 2.15 bits per heavy atom. The zero-order chi connectivity index (χ0) is 18.6. The van der Waals surface area contributed by atoms with Crippen molar-refractivity contribution in [3.8, 4) is 0 Å². The Hall–Kier alpha value is -1.42. The lowest BCUT2D eigenvalue weighted by Gasteiger charge is -2.54. The molecule has 1 aromatic carbocycles. The van der Waals surface area contributed by atoms with E-state index in [9.17, 15) is 10.1 Å². The van der Waals surface area contributed by atoms with E-state index in [1.54, 1.807) is 19.2 Å². The summed E-state index contributed by atoms with van der Waals surface area (Å²) in [5, 5.41) is 17.7. The monoisotopic (exact) mass is 488 g/mol. The molecular formula is C19H29IN4O3. The molecule has 2 aliphatic rings. The van der Waals surface area contributed by atoms with Gasteiger partial charge in [0.25, 0.3) is 5.69 Å². The van der Waals surface area contributed by atoms with Crippen LogP contribution in [0.3, 0.4) is 0 Å². The van der Waals surface area contributed by atoms with Gasteiger partial charge in [0.05, 0.1) is 11.0 Å². The second-order valence-electron chi connectivity index (χ2n) is 7.17. The Kier molecular flexibility index (Phi) is 7.84. The number of ether oxygens (including phenoxy) is 1. The van der Waals surface area contributed by atoms with Gasteiger partial charge >= 0.3 is 0 Å². The molecule has 27 heavy (non-hydrogen) atoms. The van der Waals surface area contributed by atoms with Crippen molar-refractivity contribution in [1.29, 1.82) is 0 Å². The first-order valence-electron chi connectivity index (χ1n) is 9.41. The fraction of sp³-hybridized carbons (Fsp3) is 0.632. The van der Waals surface area contributed by atoms with E-state index in [0.717, 1.165) is 24.6 Å². The maximum atomic E-state index is 10.9. The van der Waals surface area contributed by atoms with Crippen LogP contribution in [-0.4, -0.2) is 36.7 Å². The average molecular weight is 488 g/mol. The molecule has 2 atom stereocenters. The number of nitro groups is 1. The van der Waals surface area contributed by atoms with Gasteiger partial charge in [0, 0.05) is 43.8 Å². The van der Waals surface area contributed by atoms with Gasteiger partial charge in [-0.2, -0.15) is 0 Å². The summed E-state index contributed by atoms with van der Waals surface area (Å²) in [6.07, 6.45) is 6.30. The Morgan fingerprint density at radius 1 is 1.41 bits per heavy atom. The highest BCUT2D eigenvalue weighted by atomic mass is 127. The van der Waals surface area contributed by atoms with E-state index in [4.69, 9.17) is 4.74 Å². The molecule has 2 N–H and O–H groups in total. The summed E-state index contributed by atoms with van der Waals surface area (Å²) in [4.78, 5) is 14.9. The van der Waals surface area contributed by atoms with Crippen LogP contribution in [0.2, 0.25) is 0 Å². The molecule has 0 amide bonds. The summed E-state index contributed by atoms with van der Waals surface area (Å²) in [7, 11) is 1.75. The van der Waals surface area contributed by atoms with Gasteiger partial charge in [-0.3, -0.25) is 15.1 Å². The number of aliphatic imine (C=N–C) groups is 1. The smallest absolute Gasteiger partial charge is 0.269 e. The minimum Gasteiger partial charge on any atom is -0.378 e. The largest absolute Gasteiger partial charge is 0.378 e.